The van der Waals surface area contributed by atoms with Crippen LogP contribution in [-0.2, 0) is 5.75 Å². The lowest BCUT2D eigenvalue weighted by Crippen LogP contribution is -1.93. The second-order valence-corrected chi connectivity index (χ2v) is 4.96. The summed E-state index contributed by atoms with van der Waals surface area (Å²) in [4.78, 5) is 0.741. The van der Waals surface area contributed by atoms with Crippen LogP contribution in [0.1, 0.15) is 5.56 Å². The van der Waals surface area contributed by atoms with Gasteiger partial charge in [-0.05, 0) is 23.8 Å². The van der Waals surface area contributed by atoms with E-state index in [2.05, 4.69) is 0 Å². The highest BCUT2D eigenvalue weighted by atomic mass is 35.5. The number of thioether (sulfide) groups is 1. The average molecular weight is 268 g/mol. The molecule has 0 aliphatic rings. The molecule has 0 atom stereocenters. The molecule has 0 aliphatic carbocycles. The molecule has 2 aromatic carbocycles. The van der Waals surface area contributed by atoms with E-state index in [-0.39, 0.29) is 11.5 Å². The van der Waals surface area contributed by atoms with Gasteiger partial charge in [-0.3, -0.25) is 0 Å². The Kier molecular flexibility index (Phi) is 3.92. The van der Waals surface area contributed by atoms with E-state index in [0.29, 0.717) is 5.75 Å². The Morgan fingerprint density at radius 2 is 1.88 bits per heavy atom. The number of para-hydroxylation sites is 1. The fourth-order valence-corrected chi connectivity index (χ4v) is 2.69. The van der Waals surface area contributed by atoms with Crippen molar-refractivity contribution >= 4 is 29.1 Å². The summed E-state index contributed by atoms with van der Waals surface area (Å²) < 4.78 is 13.2. The maximum Gasteiger partial charge on any atom is 0.147 e. The lowest BCUT2D eigenvalue weighted by molar-refractivity contribution is 0.629. The Morgan fingerprint density at radius 3 is 2.65 bits per heavy atom. The summed E-state index contributed by atoms with van der Waals surface area (Å²) in [5.74, 6) is 0.294. The van der Waals surface area contributed by atoms with Gasteiger partial charge in [-0.1, -0.05) is 35.9 Å². The van der Waals surface area contributed by atoms with Gasteiger partial charge in [0.05, 0.1) is 5.69 Å². The van der Waals surface area contributed by atoms with E-state index in [1.807, 2.05) is 24.3 Å². The highest BCUT2D eigenvalue weighted by molar-refractivity contribution is 7.98. The molecule has 0 heterocycles. The van der Waals surface area contributed by atoms with Crippen LogP contribution in [0.4, 0.5) is 10.1 Å². The molecule has 0 fully saturated rings. The Labute approximate surface area is 109 Å². The molecule has 0 spiro atoms. The molecule has 0 radical (unpaired) electrons. The largest absolute Gasteiger partial charge is 0.395 e. The summed E-state index contributed by atoms with van der Waals surface area (Å²) in [5.41, 5.74) is 6.87. The molecular formula is C13H11ClFNS. The van der Waals surface area contributed by atoms with Gasteiger partial charge in [0.25, 0.3) is 0 Å². The van der Waals surface area contributed by atoms with Crippen molar-refractivity contribution in [2.45, 2.75) is 10.6 Å². The van der Waals surface area contributed by atoms with E-state index < -0.39 is 0 Å². The molecule has 17 heavy (non-hydrogen) atoms. The molecule has 0 saturated heterocycles. The quantitative estimate of drug-likeness (QED) is 0.661. The lowest BCUT2D eigenvalue weighted by atomic mass is 10.2. The number of benzene rings is 2. The summed E-state index contributed by atoms with van der Waals surface area (Å²) >= 11 is 7.52. The van der Waals surface area contributed by atoms with Crippen molar-refractivity contribution in [1.82, 2.24) is 0 Å². The monoisotopic (exact) mass is 267 g/mol. The van der Waals surface area contributed by atoms with E-state index >= 15 is 0 Å². The molecule has 0 saturated carbocycles. The second-order valence-electron chi connectivity index (χ2n) is 3.53. The molecule has 2 rings (SSSR count). The molecule has 88 valence electrons. The zero-order valence-electron chi connectivity index (χ0n) is 8.99. The predicted molar refractivity (Wildman–Crippen MR) is 71.8 cm³/mol. The van der Waals surface area contributed by atoms with Gasteiger partial charge in [0.1, 0.15) is 5.82 Å². The summed E-state index contributed by atoms with van der Waals surface area (Å²) in [7, 11) is 0. The van der Waals surface area contributed by atoms with Crippen LogP contribution in [0.5, 0.6) is 0 Å². The smallest absolute Gasteiger partial charge is 0.147 e. The van der Waals surface area contributed by atoms with Crippen molar-refractivity contribution in [3.8, 4) is 0 Å². The number of hydrogen-bond donors (Lipinski definition) is 1. The van der Waals surface area contributed by atoms with Crippen LogP contribution in [0, 0.1) is 5.82 Å². The van der Waals surface area contributed by atoms with Gasteiger partial charge >= 0.3 is 0 Å². The maximum atomic E-state index is 13.2. The zero-order chi connectivity index (χ0) is 12.3. The van der Waals surface area contributed by atoms with Crippen molar-refractivity contribution in [3.05, 3.63) is 58.9 Å². The first-order chi connectivity index (χ1) is 8.18. The van der Waals surface area contributed by atoms with Crippen molar-refractivity contribution in [3.63, 3.8) is 0 Å². The summed E-state index contributed by atoms with van der Waals surface area (Å²) in [6.45, 7) is 0. The van der Waals surface area contributed by atoms with Crippen molar-refractivity contribution in [2.75, 3.05) is 5.73 Å². The van der Waals surface area contributed by atoms with Gasteiger partial charge in [-0.25, -0.2) is 4.39 Å². The van der Waals surface area contributed by atoms with Crippen LogP contribution in [-0.4, -0.2) is 0 Å². The number of hydrogen-bond acceptors (Lipinski definition) is 2. The Bertz CT molecular complexity index is 531. The fourth-order valence-electron chi connectivity index (χ4n) is 1.41. The predicted octanol–water partition coefficient (Wildman–Crippen LogP) is 4.35. The zero-order valence-corrected chi connectivity index (χ0v) is 10.6. The van der Waals surface area contributed by atoms with Crippen LogP contribution in [0.25, 0.3) is 0 Å². The van der Waals surface area contributed by atoms with Gasteiger partial charge in [0.2, 0.25) is 0 Å². The molecular weight excluding hydrogens is 257 g/mol. The van der Waals surface area contributed by atoms with Gasteiger partial charge in [0.15, 0.2) is 0 Å². The topological polar surface area (TPSA) is 26.0 Å². The van der Waals surface area contributed by atoms with E-state index in [9.17, 15) is 4.39 Å². The number of nitrogen functional groups attached to an aromatic ring is 1. The SMILES string of the molecule is Nc1c(F)cccc1SCc1ccccc1Cl. The minimum atomic E-state index is -0.380. The van der Waals surface area contributed by atoms with E-state index in [4.69, 9.17) is 17.3 Å². The van der Waals surface area contributed by atoms with Gasteiger partial charge in [0, 0.05) is 15.7 Å². The Hall–Kier alpha value is -1.19. The molecule has 0 aliphatic heterocycles. The van der Waals surface area contributed by atoms with E-state index in [1.165, 1.54) is 17.8 Å². The molecule has 2 N–H and O–H groups in total. The maximum absolute atomic E-state index is 13.2. The lowest BCUT2D eigenvalue weighted by Gasteiger charge is -2.07. The summed E-state index contributed by atoms with van der Waals surface area (Å²) in [5, 5.41) is 0.718. The standard InChI is InChI=1S/C13H11ClFNS/c14-10-5-2-1-4-9(10)8-17-12-7-3-6-11(15)13(12)16/h1-7H,8,16H2. The van der Waals surface area contributed by atoms with Crippen molar-refractivity contribution in [1.29, 1.82) is 0 Å². The van der Waals surface area contributed by atoms with Crippen molar-refractivity contribution in [2.24, 2.45) is 0 Å². The highest BCUT2D eigenvalue weighted by Gasteiger charge is 2.06. The Morgan fingerprint density at radius 1 is 1.12 bits per heavy atom. The third kappa shape index (κ3) is 2.93. The van der Waals surface area contributed by atoms with Gasteiger partial charge in [-0.15, -0.1) is 11.8 Å². The average Bonchev–Trinajstić information content (AvgIpc) is 2.33. The molecule has 0 aromatic heterocycles. The minimum Gasteiger partial charge on any atom is -0.395 e. The van der Waals surface area contributed by atoms with Gasteiger partial charge in [-0.2, -0.15) is 0 Å². The first kappa shape index (κ1) is 12.3. The van der Waals surface area contributed by atoms with E-state index in [1.54, 1.807) is 12.1 Å². The number of rotatable bonds is 3. The molecule has 0 unspecified atom stereocenters. The molecule has 0 amide bonds. The number of halogens is 2. The number of anilines is 1. The molecule has 0 bridgehead atoms. The van der Waals surface area contributed by atoms with Crippen LogP contribution < -0.4 is 5.73 Å². The van der Waals surface area contributed by atoms with Crippen LogP contribution in [0.15, 0.2) is 47.4 Å². The van der Waals surface area contributed by atoms with E-state index in [0.717, 1.165) is 15.5 Å². The normalized spacial score (nSPS) is 10.5. The molecule has 2 aromatic rings. The van der Waals surface area contributed by atoms with Crippen molar-refractivity contribution < 1.29 is 4.39 Å². The first-order valence-corrected chi connectivity index (χ1v) is 6.45. The van der Waals surface area contributed by atoms with Crippen LogP contribution in [0.2, 0.25) is 5.02 Å². The number of nitrogens with two attached hydrogens (primary N) is 1. The second kappa shape index (κ2) is 5.43. The third-order valence-electron chi connectivity index (χ3n) is 2.35. The summed E-state index contributed by atoms with van der Waals surface area (Å²) in [6.07, 6.45) is 0. The molecule has 4 heteroatoms. The third-order valence-corrected chi connectivity index (χ3v) is 3.84. The molecule has 1 nitrogen and oxygen atoms in total. The van der Waals surface area contributed by atoms with Crippen LogP contribution >= 0.6 is 23.4 Å². The minimum absolute atomic E-state index is 0.199. The highest BCUT2D eigenvalue weighted by Crippen LogP contribution is 2.31. The van der Waals surface area contributed by atoms with Gasteiger partial charge < -0.3 is 5.73 Å². The van der Waals surface area contributed by atoms with Crippen LogP contribution in [0.3, 0.4) is 0 Å². The first-order valence-electron chi connectivity index (χ1n) is 5.08. The fraction of sp³-hybridized carbons (Fsp3) is 0.0769. The Balaban J connectivity index is 2.13. The summed E-state index contributed by atoms with van der Waals surface area (Å²) in [6, 6.07) is 12.4.